The molecule has 1 N–H and O–H groups in total. The molecule has 2 aromatic carbocycles. The Hall–Kier alpha value is -3.72. The first kappa shape index (κ1) is 33.2. The molecular weight excluding hydrogens is 558 g/mol. The molecule has 2 fully saturated rings. The summed E-state index contributed by atoms with van der Waals surface area (Å²) in [6.07, 6.45) is 7.24. The summed E-state index contributed by atoms with van der Waals surface area (Å²) in [7, 11) is 0. The van der Waals surface area contributed by atoms with Crippen LogP contribution in [-0.2, 0) is 25.7 Å². The van der Waals surface area contributed by atoms with Crippen molar-refractivity contribution in [3.05, 3.63) is 59.7 Å². The molecule has 0 aromatic heterocycles. The normalized spacial score (nSPS) is 18.0. The molecule has 0 bridgehead atoms. The topological polar surface area (TPSA) is 105 Å². The van der Waals surface area contributed by atoms with Crippen molar-refractivity contribution in [2.45, 2.75) is 104 Å². The second-order valence-electron chi connectivity index (χ2n) is 11.9. The minimum absolute atomic E-state index is 0.0995. The highest BCUT2D eigenvalue weighted by molar-refractivity contribution is 6.20. The van der Waals surface area contributed by atoms with Crippen LogP contribution in [0, 0.1) is 12.3 Å². The summed E-state index contributed by atoms with van der Waals surface area (Å²) >= 11 is 0. The Bertz CT molecular complexity index is 1310. The fourth-order valence-corrected chi connectivity index (χ4v) is 5.77. The summed E-state index contributed by atoms with van der Waals surface area (Å²) in [5.74, 6) is -1.38. The quantitative estimate of drug-likeness (QED) is 0.116. The number of carbonyl (C=O) groups excluding carboxylic acids is 4. The first-order valence-corrected chi connectivity index (χ1v) is 16.1. The van der Waals surface area contributed by atoms with Crippen molar-refractivity contribution in [3.63, 3.8) is 0 Å². The highest BCUT2D eigenvalue weighted by Gasteiger charge is 2.59. The number of rotatable bonds is 18. The Kier molecular flexibility index (Phi) is 11.6. The predicted molar refractivity (Wildman–Crippen MR) is 169 cm³/mol. The first-order valence-electron chi connectivity index (χ1n) is 16.1. The maximum Gasteiger partial charge on any atom is 0.330 e. The number of hydrogen-bond acceptors (Lipinski definition) is 6. The van der Waals surface area contributed by atoms with Crippen molar-refractivity contribution >= 4 is 29.3 Å². The zero-order valence-electron chi connectivity index (χ0n) is 26.6. The number of amides is 4. The number of nitrogens with zero attached hydrogens (tertiary/aromatic N) is 2. The molecule has 0 spiro atoms. The third kappa shape index (κ3) is 7.67. The lowest BCUT2D eigenvalue weighted by molar-refractivity contribution is -0.149. The van der Waals surface area contributed by atoms with Gasteiger partial charge in [-0.15, -0.1) is 0 Å². The molecule has 1 aliphatic heterocycles. The average Bonchev–Trinajstić information content (AvgIpc) is 3.79. The summed E-state index contributed by atoms with van der Waals surface area (Å²) in [6.45, 7) is 8.48. The Morgan fingerprint density at radius 2 is 1.68 bits per heavy atom. The Balaban J connectivity index is 1.59. The van der Waals surface area contributed by atoms with E-state index in [1.165, 1.54) is 24.2 Å². The third-order valence-electron chi connectivity index (χ3n) is 8.66. The van der Waals surface area contributed by atoms with Crippen LogP contribution in [0.5, 0.6) is 5.75 Å². The highest BCUT2D eigenvalue weighted by atomic mass is 16.5. The summed E-state index contributed by atoms with van der Waals surface area (Å²) in [5, 5.41) is 2.86. The first-order chi connectivity index (χ1) is 21.3. The largest absolute Gasteiger partial charge is 0.491 e. The molecule has 2 atom stereocenters. The molecule has 9 nitrogen and oxygen atoms in total. The third-order valence-corrected chi connectivity index (χ3v) is 8.66. The molecule has 4 rings (SSSR count). The van der Waals surface area contributed by atoms with Crippen LogP contribution in [0.15, 0.2) is 48.5 Å². The second kappa shape index (κ2) is 15.3. The number of anilines is 1. The molecule has 2 aromatic rings. The van der Waals surface area contributed by atoms with Crippen LogP contribution in [0.1, 0.15) is 89.7 Å². The average molecular weight is 606 g/mol. The van der Waals surface area contributed by atoms with E-state index in [-0.39, 0.29) is 13.2 Å². The van der Waals surface area contributed by atoms with Gasteiger partial charge < -0.3 is 14.8 Å². The van der Waals surface area contributed by atoms with Crippen molar-refractivity contribution in [3.8, 4) is 5.75 Å². The van der Waals surface area contributed by atoms with Crippen LogP contribution in [0.2, 0.25) is 0 Å². The van der Waals surface area contributed by atoms with E-state index in [1.54, 1.807) is 19.1 Å². The van der Waals surface area contributed by atoms with Crippen molar-refractivity contribution in [2.75, 3.05) is 18.5 Å². The number of carbonyl (C=O) groups is 4. The van der Waals surface area contributed by atoms with Gasteiger partial charge in [0, 0.05) is 12.0 Å². The van der Waals surface area contributed by atoms with E-state index in [4.69, 9.17) is 9.47 Å². The van der Waals surface area contributed by atoms with Gasteiger partial charge in [0.2, 0.25) is 6.23 Å². The molecule has 2 aliphatic rings. The SMILES string of the molecule is CCCCCCCCOc1ccc(C)cc1NC(=O)C(C(=O)C1(CC)CC1)N1C(=O)C(OCC)N(Cc2ccccc2)C1=O. The Morgan fingerprint density at radius 3 is 2.34 bits per heavy atom. The zero-order chi connectivity index (χ0) is 31.7. The summed E-state index contributed by atoms with van der Waals surface area (Å²) < 4.78 is 11.8. The van der Waals surface area contributed by atoms with Crippen LogP contribution in [0.25, 0.3) is 0 Å². The maximum atomic E-state index is 14.1. The molecular formula is C35H47N3O6. The number of unbranched alkanes of at least 4 members (excludes halogenated alkanes) is 5. The standard InChI is InChI=1S/C35H47N3O6/c1-5-8-9-10-11-15-22-44-28-19-18-25(4)23-27(28)36-31(40)29(30(39)35(6-2)20-21-35)38-32(41)33(43-7-3)37(34(38)42)24-26-16-13-12-14-17-26/h12-14,16-19,23,29,33H,5-11,15,20-22,24H2,1-4H3,(H,36,40). The lowest BCUT2D eigenvalue weighted by atomic mass is 9.91. The van der Waals surface area contributed by atoms with Gasteiger partial charge in [0.15, 0.2) is 11.8 Å². The number of ether oxygens (including phenoxy) is 2. The number of nitrogens with one attached hydrogen (secondary N) is 1. The monoisotopic (exact) mass is 605 g/mol. The number of hydrogen-bond donors (Lipinski definition) is 1. The van der Waals surface area contributed by atoms with Gasteiger partial charge in [0.05, 0.1) is 18.8 Å². The number of aryl methyl sites for hydroxylation is 1. The van der Waals surface area contributed by atoms with Gasteiger partial charge in [-0.1, -0.05) is 82.3 Å². The molecule has 9 heteroatoms. The van der Waals surface area contributed by atoms with Crippen LogP contribution in [0.3, 0.4) is 0 Å². The second-order valence-corrected chi connectivity index (χ2v) is 11.9. The van der Waals surface area contributed by atoms with Gasteiger partial charge in [-0.25, -0.2) is 9.69 Å². The highest BCUT2D eigenvalue weighted by Crippen LogP contribution is 2.51. The zero-order valence-corrected chi connectivity index (χ0v) is 26.6. The number of ketones is 1. The molecule has 238 valence electrons. The molecule has 2 unspecified atom stereocenters. The van der Waals surface area contributed by atoms with E-state index >= 15 is 0 Å². The van der Waals surface area contributed by atoms with E-state index in [9.17, 15) is 19.2 Å². The minimum Gasteiger partial charge on any atom is -0.491 e. The fraction of sp³-hybridized carbons (Fsp3) is 0.543. The molecule has 4 amide bonds. The van der Waals surface area contributed by atoms with Crippen molar-refractivity contribution in [1.29, 1.82) is 0 Å². The van der Waals surface area contributed by atoms with Crippen LogP contribution in [-0.4, -0.2) is 58.9 Å². The number of Topliss-reactive ketones (excluding diaryl/α,β-unsaturated/α-hetero) is 1. The lowest BCUT2D eigenvalue weighted by Gasteiger charge is -2.27. The number of benzene rings is 2. The van der Waals surface area contributed by atoms with Gasteiger partial charge in [0.25, 0.3) is 11.8 Å². The predicted octanol–water partition coefficient (Wildman–Crippen LogP) is 6.63. The summed E-state index contributed by atoms with van der Waals surface area (Å²) in [4.78, 5) is 58.0. The maximum absolute atomic E-state index is 14.1. The fourth-order valence-electron chi connectivity index (χ4n) is 5.77. The molecule has 1 heterocycles. The molecule has 44 heavy (non-hydrogen) atoms. The number of imide groups is 1. The Labute approximate surface area is 261 Å². The van der Waals surface area contributed by atoms with Crippen molar-refractivity contribution in [2.24, 2.45) is 5.41 Å². The van der Waals surface area contributed by atoms with Crippen LogP contribution in [0.4, 0.5) is 10.5 Å². The van der Waals surface area contributed by atoms with Crippen LogP contribution >= 0.6 is 0 Å². The van der Waals surface area contributed by atoms with Gasteiger partial charge >= 0.3 is 6.03 Å². The van der Waals surface area contributed by atoms with Crippen molar-refractivity contribution in [1.82, 2.24) is 9.80 Å². The smallest absolute Gasteiger partial charge is 0.330 e. The molecule has 1 aliphatic carbocycles. The minimum atomic E-state index is -1.63. The number of urea groups is 1. The van der Waals surface area contributed by atoms with Gasteiger partial charge in [0.1, 0.15) is 5.75 Å². The van der Waals surface area contributed by atoms with E-state index < -0.39 is 41.3 Å². The lowest BCUT2D eigenvalue weighted by Crippen LogP contribution is -2.54. The van der Waals surface area contributed by atoms with E-state index in [0.717, 1.165) is 35.3 Å². The van der Waals surface area contributed by atoms with E-state index in [1.807, 2.05) is 50.2 Å². The molecule has 0 radical (unpaired) electrons. The van der Waals surface area contributed by atoms with E-state index in [0.29, 0.717) is 37.3 Å². The van der Waals surface area contributed by atoms with Gasteiger partial charge in [-0.2, -0.15) is 0 Å². The Morgan fingerprint density at radius 1 is 0.977 bits per heavy atom. The van der Waals surface area contributed by atoms with Gasteiger partial charge in [-0.3, -0.25) is 19.3 Å². The van der Waals surface area contributed by atoms with E-state index in [2.05, 4.69) is 12.2 Å². The summed E-state index contributed by atoms with van der Waals surface area (Å²) in [6, 6.07) is 12.4. The van der Waals surface area contributed by atoms with Crippen molar-refractivity contribution < 1.29 is 28.7 Å². The van der Waals surface area contributed by atoms with Gasteiger partial charge in [-0.05, 0) is 62.8 Å². The summed E-state index contributed by atoms with van der Waals surface area (Å²) in [5.41, 5.74) is 1.36. The van der Waals surface area contributed by atoms with Crippen LogP contribution < -0.4 is 10.1 Å². The molecule has 1 saturated carbocycles. The molecule has 1 saturated heterocycles.